The first-order chi connectivity index (χ1) is 8.99. The molecule has 1 heterocycles. The third kappa shape index (κ3) is 2.76. The van der Waals surface area contributed by atoms with Gasteiger partial charge in [-0.05, 0) is 19.1 Å². The van der Waals surface area contributed by atoms with Crippen LogP contribution in [0, 0.1) is 10.1 Å². The molecule has 100 valence electrons. The van der Waals surface area contributed by atoms with Gasteiger partial charge in [-0.25, -0.2) is 0 Å². The molecule has 0 saturated carbocycles. The summed E-state index contributed by atoms with van der Waals surface area (Å²) in [7, 11) is 0. The minimum atomic E-state index is -0.592. The summed E-state index contributed by atoms with van der Waals surface area (Å²) in [4.78, 5) is 14.2. The van der Waals surface area contributed by atoms with Gasteiger partial charge in [-0.1, -0.05) is 12.1 Å². The van der Waals surface area contributed by atoms with E-state index in [0.717, 1.165) is 0 Å². The second-order valence-electron chi connectivity index (χ2n) is 4.29. The maximum atomic E-state index is 10.5. The van der Waals surface area contributed by atoms with E-state index in [9.17, 15) is 15.2 Å². The molecule has 0 amide bonds. The number of non-ortho nitro benzene ring substituents is 1. The third-order valence-electron chi connectivity index (χ3n) is 2.89. The van der Waals surface area contributed by atoms with E-state index >= 15 is 0 Å². The first-order valence-electron chi connectivity index (χ1n) is 5.75. The van der Waals surface area contributed by atoms with Crippen LogP contribution >= 0.6 is 0 Å². The van der Waals surface area contributed by atoms with Crippen LogP contribution < -0.4 is 0 Å². The largest absolute Gasteiger partial charge is 0.393 e. The van der Waals surface area contributed by atoms with Gasteiger partial charge in [0.1, 0.15) is 0 Å². The SMILES string of the molecule is CC(O)C(C)c1nc(-c2ccc([N+](=O)[O-])cc2)no1. The summed E-state index contributed by atoms with van der Waals surface area (Å²) in [6, 6.07) is 5.87. The molecule has 2 rings (SSSR count). The van der Waals surface area contributed by atoms with Gasteiger partial charge >= 0.3 is 0 Å². The lowest BCUT2D eigenvalue weighted by Crippen LogP contribution is -2.11. The highest BCUT2D eigenvalue weighted by molar-refractivity contribution is 5.56. The van der Waals surface area contributed by atoms with Crippen LogP contribution in [0.4, 0.5) is 5.69 Å². The molecule has 0 aliphatic carbocycles. The van der Waals surface area contributed by atoms with Crippen molar-refractivity contribution in [2.45, 2.75) is 25.9 Å². The molecule has 1 aromatic heterocycles. The van der Waals surface area contributed by atoms with Crippen LogP contribution in [0.3, 0.4) is 0 Å². The molecule has 2 atom stereocenters. The number of hydrogen-bond donors (Lipinski definition) is 1. The highest BCUT2D eigenvalue weighted by atomic mass is 16.6. The molecule has 0 saturated heterocycles. The maximum absolute atomic E-state index is 10.5. The highest BCUT2D eigenvalue weighted by Gasteiger charge is 2.19. The average Bonchev–Trinajstić information content (AvgIpc) is 2.87. The van der Waals surface area contributed by atoms with E-state index in [1.807, 2.05) is 0 Å². The first-order valence-corrected chi connectivity index (χ1v) is 5.75. The number of aliphatic hydroxyl groups excluding tert-OH is 1. The molecule has 1 N–H and O–H groups in total. The zero-order chi connectivity index (χ0) is 14.0. The van der Waals surface area contributed by atoms with Crippen molar-refractivity contribution in [3.8, 4) is 11.4 Å². The second-order valence-corrected chi connectivity index (χ2v) is 4.29. The molecule has 1 aromatic carbocycles. The minimum Gasteiger partial charge on any atom is -0.393 e. The monoisotopic (exact) mass is 263 g/mol. The molecule has 0 aliphatic heterocycles. The van der Waals surface area contributed by atoms with Gasteiger partial charge in [0, 0.05) is 17.7 Å². The first kappa shape index (κ1) is 13.2. The van der Waals surface area contributed by atoms with Crippen LogP contribution in [0.5, 0.6) is 0 Å². The Hall–Kier alpha value is -2.28. The van der Waals surface area contributed by atoms with E-state index in [1.165, 1.54) is 12.1 Å². The van der Waals surface area contributed by atoms with E-state index < -0.39 is 11.0 Å². The van der Waals surface area contributed by atoms with Gasteiger partial charge in [-0.15, -0.1) is 0 Å². The number of rotatable bonds is 4. The lowest BCUT2D eigenvalue weighted by Gasteiger charge is -2.07. The van der Waals surface area contributed by atoms with Crippen LogP contribution in [-0.4, -0.2) is 26.3 Å². The van der Waals surface area contributed by atoms with Gasteiger partial charge in [0.2, 0.25) is 11.7 Å². The molecule has 0 bridgehead atoms. The zero-order valence-electron chi connectivity index (χ0n) is 10.5. The van der Waals surface area contributed by atoms with Crippen LogP contribution in [0.2, 0.25) is 0 Å². The fourth-order valence-corrected chi connectivity index (χ4v) is 1.48. The lowest BCUT2D eigenvalue weighted by molar-refractivity contribution is -0.384. The molecule has 19 heavy (non-hydrogen) atoms. The topological polar surface area (TPSA) is 102 Å². The summed E-state index contributed by atoms with van der Waals surface area (Å²) < 4.78 is 5.06. The molecular formula is C12H13N3O4. The zero-order valence-corrected chi connectivity index (χ0v) is 10.5. The Morgan fingerprint density at radius 3 is 2.47 bits per heavy atom. The van der Waals surface area contributed by atoms with Crippen molar-refractivity contribution in [3.05, 3.63) is 40.3 Å². The molecule has 2 unspecified atom stereocenters. The Bertz CT molecular complexity index is 577. The summed E-state index contributed by atoms with van der Waals surface area (Å²) in [5, 5.41) is 23.8. The van der Waals surface area contributed by atoms with Crippen molar-refractivity contribution >= 4 is 5.69 Å². The Morgan fingerprint density at radius 2 is 1.95 bits per heavy atom. The van der Waals surface area contributed by atoms with Crippen molar-refractivity contribution < 1.29 is 14.6 Å². The second kappa shape index (κ2) is 5.15. The number of nitro groups is 1. The molecule has 0 radical (unpaired) electrons. The number of aliphatic hydroxyl groups is 1. The molecule has 0 fully saturated rings. The predicted molar refractivity (Wildman–Crippen MR) is 66.5 cm³/mol. The number of benzene rings is 1. The van der Waals surface area contributed by atoms with Crippen molar-refractivity contribution in [2.75, 3.05) is 0 Å². The summed E-state index contributed by atoms with van der Waals surface area (Å²) in [5.41, 5.74) is 0.628. The van der Waals surface area contributed by atoms with Gasteiger partial charge in [0.15, 0.2) is 0 Å². The van der Waals surface area contributed by atoms with Gasteiger partial charge in [-0.2, -0.15) is 4.98 Å². The third-order valence-corrected chi connectivity index (χ3v) is 2.89. The normalized spacial score (nSPS) is 14.1. The minimum absolute atomic E-state index is 0.00446. The quantitative estimate of drug-likeness (QED) is 0.669. The van der Waals surface area contributed by atoms with E-state index in [0.29, 0.717) is 17.3 Å². The fraction of sp³-hybridized carbons (Fsp3) is 0.333. The van der Waals surface area contributed by atoms with Gasteiger partial charge < -0.3 is 9.63 Å². The summed E-state index contributed by atoms with van der Waals surface area (Å²) >= 11 is 0. The van der Waals surface area contributed by atoms with Crippen LogP contribution in [0.1, 0.15) is 25.7 Å². The van der Waals surface area contributed by atoms with Crippen molar-refractivity contribution in [2.24, 2.45) is 0 Å². The number of aromatic nitrogens is 2. The maximum Gasteiger partial charge on any atom is 0.269 e. The average molecular weight is 263 g/mol. The van der Waals surface area contributed by atoms with Gasteiger partial charge in [0.25, 0.3) is 5.69 Å². The standard InChI is InChI=1S/C12H13N3O4/c1-7(8(2)16)12-13-11(14-19-12)9-3-5-10(6-4-9)15(17)18/h3-8,16H,1-2H3. The van der Waals surface area contributed by atoms with Gasteiger partial charge in [0.05, 0.1) is 16.9 Å². The highest BCUT2D eigenvalue weighted by Crippen LogP contribution is 2.23. The molecule has 2 aromatic rings. The van der Waals surface area contributed by atoms with E-state index in [1.54, 1.807) is 26.0 Å². The molecule has 7 heteroatoms. The summed E-state index contributed by atoms with van der Waals surface area (Å²) in [6.07, 6.45) is -0.592. The predicted octanol–water partition coefficient (Wildman–Crippen LogP) is 2.13. The van der Waals surface area contributed by atoms with Crippen LogP contribution in [0.15, 0.2) is 28.8 Å². The number of hydrogen-bond acceptors (Lipinski definition) is 6. The Labute approximate surface area is 109 Å². The van der Waals surface area contributed by atoms with Crippen molar-refractivity contribution in [3.63, 3.8) is 0 Å². The summed E-state index contributed by atoms with van der Waals surface area (Å²) in [5.74, 6) is 0.417. The van der Waals surface area contributed by atoms with E-state index in [2.05, 4.69) is 10.1 Å². The Kier molecular flexibility index (Phi) is 3.57. The van der Waals surface area contributed by atoms with E-state index in [-0.39, 0.29) is 11.6 Å². The van der Waals surface area contributed by atoms with Gasteiger partial charge in [-0.3, -0.25) is 10.1 Å². The van der Waals surface area contributed by atoms with Crippen molar-refractivity contribution in [1.82, 2.24) is 10.1 Å². The van der Waals surface area contributed by atoms with Crippen molar-refractivity contribution in [1.29, 1.82) is 0 Å². The molecule has 0 spiro atoms. The number of nitro benzene ring substituents is 1. The molecule has 7 nitrogen and oxygen atoms in total. The molecular weight excluding hydrogens is 250 g/mol. The Morgan fingerprint density at radius 1 is 1.32 bits per heavy atom. The van der Waals surface area contributed by atoms with Crippen LogP contribution in [-0.2, 0) is 0 Å². The smallest absolute Gasteiger partial charge is 0.269 e. The molecule has 0 aliphatic rings. The Balaban J connectivity index is 2.25. The number of nitrogens with zero attached hydrogens (tertiary/aromatic N) is 3. The fourth-order valence-electron chi connectivity index (χ4n) is 1.48. The van der Waals surface area contributed by atoms with Crippen LogP contribution in [0.25, 0.3) is 11.4 Å². The summed E-state index contributed by atoms with van der Waals surface area (Å²) in [6.45, 7) is 3.41. The van der Waals surface area contributed by atoms with E-state index in [4.69, 9.17) is 4.52 Å². The lowest BCUT2D eigenvalue weighted by atomic mass is 10.1.